The van der Waals surface area contributed by atoms with Gasteiger partial charge in [-0.3, -0.25) is 14.3 Å². The molecule has 116 valence electrons. The van der Waals surface area contributed by atoms with Crippen molar-refractivity contribution in [2.75, 3.05) is 20.6 Å². The fourth-order valence-corrected chi connectivity index (χ4v) is 2.20. The lowest BCUT2D eigenvalue weighted by Gasteiger charge is -2.24. The lowest BCUT2D eigenvalue weighted by atomic mass is 10.1. The highest BCUT2D eigenvalue weighted by Gasteiger charge is 2.32. The summed E-state index contributed by atoms with van der Waals surface area (Å²) in [6, 6.07) is 1.88. The zero-order chi connectivity index (χ0) is 15.8. The summed E-state index contributed by atoms with van der Waals surface area (Å²) in [6.45, 7) is 6.11. The first kappa shape index (κ1) is 15.5. The van der Waals surface area contributed by atoms with Crippen LogP contribution in [-0.2, 0) is 10.3 Å². The molecule has 0 unspecified atom stereocenters. The first-order valence-electron chi connectivity index (χ1n) is 7.30. The first-order chi connectivity index (χ1) is 9.74. The van der Waals surface area contributed by atoms with Crippen LogP contribution in [0.1, 0.15) is 55.7 Å². The van der Waals surface area contributed by atoms with Crippen molar-refractivity contribution in [2.24, 2.45) is 0 Å². The zero-order valence-electron chi connectivity index (χ0n) is 13.4. The smallest absolute Gasteiger partial charge is 0.272 e. The minimum absolute atomic E-state index is 0.0451. The van der Waals surface area contributed by atoms with Crippen LogP contribution in [0.5, 0.6) is 0 Å². The van der Waals surface area contributed by atoms with Crippen molar-refractivity contribution in [3.8, 4) is 0 Å². The molecule has 0 spiro atoms. The van der Waals surface area contributed by atoms with Crippen molar-refractivity contribution in [1.29, 1.82) is 0 Å². The van der Waals surface area contributed by atoms with Crippen LogP contribution in [0.15, 0.2) is 6.07 Å². The van der Waals surface area contributed by atoms with E-state index in [9.17, 15) is 9.59 Å². The van der Waals surface area contributed by atoms with Crippen LogP contribution >= 0.6 is 0 Å². The number of nitrogens with zero attached hydrogens (tertiary/aromatic N) is 3. The van der Waals surface area contributed by atoms with E-state index in [1.807, 2.05) is 26.8 Å². The maximum atomic E-state index is 12.6. The number of hydrogen-bond acceptors (Lipinski definition) is 3. The molecule has 1 saturated carbocycles. The third-order valence-electron chi connectivity index (χ3n) is 3.58. The molecule has 1 aliphatic carbocycles. The van der Waals surface area contributed by atoms with Crippen LogP contribution in [0.2, 0.25) is 0 Å². The zero-order valence-corrected chi connectivity index (χ0v) is 13.4. The predicted octanol–water partition coefficient (Wildman–Crippen LogP) is 1.33. The molecule has 1 fully saturated rings. The van der Waals surface area contributed by atoms with Gasteiger partial charge in [0.1, 0.15) is 5.69 Å². The molecule has 0 atom stereocenters. The van der Waals surface area contributed by atoms with Gasteiger partial charge in [0.2, 0.25) is 5.91 Å². The molecule has 0 aliphatic heterocycles. The van der Waals surface area contributed by atoms with Crippen molar-refractivity contribution in [2.45, 2.75) is 45.1 Å². The van der Waals surface area contributed by atoms with E-state index >= 15 is 0 Å². The maximum Gasteiger partial charge on any atom is 0.272 e. The molecule has 0 bridgehead atoms. The lowest BCUT2D eigenvalue weighted by molar-refractivity contribution is -0.121. The Morgan fingerprint density at radius 1 is 1.43 bits per heavy atom. The van der Waals surface area contributed by atoms with E-state index in [0.29, 0.717) is 11.6 Å². The van der Waals surface area contributed by atoms with Crippen LogP contribution in [0.25, 0.3) is 0 Å². The average molecular weight is 292 g/mol. The molecule has 21 heavy (non-hydrogen) atoms. The van der Waals surface area contributed by atoms with E-state index in [1.165, 1.54) is 4.90 Å². The Bertz CT molecular complexity index is 553. The lowest BCUT2D eigenvalue weighted by Crippen LogP contribution is -2.39. The number of aromatic nitrogens is 2. The minimum Gasteiger partial charge on any atom is -0.358 e. The summed E-state index contributed by atoms with van der Waals surface area (Å²) in [5.41, 5.74) is 1.27. The molecule has 1 heterocycles. The Hall–Kier alpha value is -1.85. The van der Waals surface area contributed by atoms with Crippen molar-refractivity contribution in [3.05, 3.63) is 17.5 Å². The topological polar surface area (TPSA) is 67.2 Å². The van der Waals surface area contributed by atoms with Gasteiger partial charge < -0.3 is 10.2 Å². The van der Waals surface area contributed by atoms with Gasteiger partial charge in [-0.15, -0.1) is 0 Å². The molecule has 0 radical (unpaired) electrons. The number of rotatable bonds is 4. The van der Waals surface area contributed by atoms with Gasteiger partial charge in [0.15, 0.2) is 0 Å². The third-order valence-corrected chi connectivity index (χ3v) is 3.58. The highest BCUT2D eigenvalue weighted by atomic mass is 16.2. The van der Waals surface area contributed by atoms with Crippen LogP contribution < -0.4 is 5.32 Å². The Morgan fingerprint density at radius 2 is 2.05 bits per heavy atom. The standard InChI is InChI=1S/C15H24N4O2/c1-15(2,3)19-12(8-11(17-19)10-6-7-10)14(21)18(5)9-13(20)16-4/h8,10H,6-7,9H2,1-5H3,(H,16,20). The predicted molar refractivity (Wildman–Crippen MR) is 80.2 cm³/mol. The molecule has 0 saturated heterocycles. The van der Waals surface area contributed by atoms with E-state index in [-0.39, 0.29) is 23.9 Å². The molecule has 1 aromatic heterocycles. The quantitative estimate of drug-likeness (QED) is 0.910. The number of amides is 2. The molecular formula is C15H24N4O2. The Morgan fingerprint density at radius 3 is 2.52 bits per heavy atom. The monoisotopic (exact) mass is 292 g/mol. The van der Waals surface area contributed by atoms with Crippen LogP contribution in [0.3, 0.4) is 0 Å². The highest BCUT2D eigenvalue weighted by molar-refractivity contribution is 5.95. The van der Waals surface area contributed by atoms with E-state index < -0.39 is 0 Å². The SMILES string of the molecule is CNC(=O)CN(C)C(=O)c1cc(C2CC2)nn1C(C)(C)C. The van der Waals surface area contributed by atoms with Crippen molar-refractivity contribution >= 4 is 11.8 Å². The minimum atomic E-state index is -0.272. The fourth-order valence-electron chi connectivity index (χ4n) is 2.20. The molecule has 1 aromatic rings. The van der Waals surface area contributed by atoms with Crippen LogP contribution in [0.4, 0.5) is 0 Å². The van der Waals surface area contributed by atoms with Gasteiger partial charge in [-0.25, -0.2) is 0 Å². The van der Waals surface area contributed by atoms with Gasteiger partial charge in [0.25, 0.3) is 5.91 Å². The Kier molecular flexibility index (Phi) is 4.07. The van der Waals surface area contributed by atoms with E-state index in [0.717, 1.165) is 18.5 Å². The molecule has 6 heteroatoms. The van der Waals surface area contributed by atoms with Gasteiger partial charge in [-0.1, -0.05) is 0 Å². The number of carbonyl (C=O) groups excluding carboxylic acids is 2. The van der Waals surface area contributed by atoms with Crippen molar-refractivity contribution in [3.63, 3.8) is 0 Å². The molecule has 1 N–H and O–H groups in total. The van der Waals surface area contributed by atoms with Gasteiger partial charge >= 0.3 is 0 Å². The van der Waals surface area contributed by atoms with E-state index in [1.54, 1.807) is 18.8 Å². The molecule has 0 aromatic carbocycles. The molecule has 2 amide bonds. The average Bonchev–Trinajstić information content (AvgIpc) is 3.15. The molecular weight excluding hydrogens is 268 g/mol. The van der Waals surface area contributed by atoms with Gasteiger partial charge in [0.05, 0.1) is 17.8 Å². The summed E-state index contributed by atoms with van der Waals surface area (Å²) in [4.78, 5) is 25.5. The van der Waals surface area contributed by atoms with Crippen molar-refractivity contribution < 1.29 is 9.59 Å². The second-order valence-corrected chi connectivity index (χ2v) is 6.65. The van der Waals surface area contributed by atoms with E-state index in [2.05, 4.69) is 10.4 Å². The summed E-state index contributed by atoms with van der Waals surface area (Å²) in [5.74, 6) is 0.132. The number of nitrogens with one attached hydrogen (secondary N) is 1. The molecule has 2 rings (SSSR count). The Balaban J connectivity index is 2.28. The summed E-state index contributed by atoms with van der Waals surface area (Å²) < 4.78 is 1.78. The number of hydrogen-bond donors (Lipinski definition) is 1. The van der Waals surface area contributed by atoms with Gasteiger partial charge in [-0.2, -0.15) is 5.10 Å². The summed E-state index contributed by atoms with van der Waals surface area (Å²) in [7, 11) is 3.19. The van der Waals surface area contributed by atoms with E-state index in [4.69, 9.17) is 0 Å². The van der Waals surface area contributed by atoms with Crippen LogP contribution in [0, 0.1) is 0 Å². The normalized spacial score (nSPS) is 14.9. The fraction of sp³-hybridized carbons (Fsp3) is 0.667. The second kappa shape index (κ2) is 5.50. The first-order valence-corrected chi connectivity index (χ1v) is 7.30. The van der Waals surface area contributed by atoms with Crippen molar-refractivity contribution in [1.82, 2.24) is 20.0 Å². The van der Waals surface area contributed by atoms with Gasteiger partial charge in [-0.05, 0) is 39.7 Å². The number of carbonyl (C=O) groups is 2. The maximum absolute atomic E-state index is 12.6. The summed E-state index contributed by atoms with van der Waals surface area (Å²) >= 11 is 0. The third kappa shape index (κ3) is 3.43. The summed E-state index contributed by atoms with van der Waals surface area (Å²) in [5, 5.41) is 7.14. The second-order valence-electron chi connectivity index (χ2n) is 6.65. The summed E-state index contributed by atoms with van der Waals surface area (Å²) in [6.07, 6.45) is 2.28. The Labute approximate surface area is 125 Å². The highest BCUT2D eigenvalue weighted by Crippen LogP contribution is 2.40. The molecule has 6 nitrogen and oxygen atoms in total. The largest absolute Gasteiger partial charge is 0.358 e. The number of likely N-dealkylation sites (N-methyl/N-ethyl adjacent to an activating group) is 2. The molecule has 1 aliphatic rings. The van der Waals surface area contributed by atoms with Crippen LogP contribution in [-0.4, -0.2) is 47.1 Å². The van der Waals surface area contributed by atoms with Gasteiger partial charge in [0, 0.05) is 20.0 Å².